The van der Waals surface area contributed by atoms with Crippen LogP contribution in [0, 0.1) is 0 Å². The van der Waals surface area contributed by atoms with Gasteiger partial charge < -0.3 is 10.1 Å². The summed E-state index contributed by atoms with van der Waals surface area (Å²) in [7, 11) is -0.967. The van der Waals surface area contributed by atoms with Crippen molar-refractivity contribution in [1.29, 1.82) is 0 Å². The lowest BCUT2D eigenvalue weighted by atomic mass is 10.0. The number of hydrogen-bond donors (Lipinski definition) is 1. The predicted molar refractivity (Wildman–Crippen MR) is 92.6 cm³/mol. The van der Waals surface area contributed by atoms with Gasteiger partial charge in [0.2, 0.25) is 5.91 Å². The summed E-state index contributed by atoms with van der Waals surface area (Å²) < 4.78 is 16.7. The molecule has 1 aliphatic rings. The van der Waals surface area contributed by atoms with Crippen LogP contribution < -0.4 is 10.1 Å². The number of aryl methyl sites for hydroxylation is 1. The van der Waals surface area contributed by atoms with Gasteiger partial charge in [-0.15, -0.1) is 0 Å². The molecule has 24 heavy (non-hydrogen) atoms. The summed E-state index contributed by atoms with van der Waals surface area (Å²) >= 11 is 0. The summed E-state index contributed by atoms with van der Waals surface area (Å²) in [5.74, 6) is 0.384. The normalized spacial score (nSPS) is 14.5. The first-order valence-corrected chi connectivity index (χ1v) is 9.28. The molecule has 1 heterocycles. The first kappa shape index (κ1) is 16.4. The van der Waals surface area contributed by atoms with E-state index in [4.69, 9.17) is 4.74 Å². The lowest BCUT2D eigenvalue weighted by Gasteiger charge is -2.17. The third kappa shape index (κ3) is 3.89. The maximum Gasteiger partial charge on any atom is 0.343 e. The number of hydrogen-bond acceptors (Lipinski definition) is 4. The van der Waals surface area contributed by atoms with Crippen LogP contribution in [0.4, 0.5) is 5.69 Å². The van der Waals surface area contributed by atoms with Gasteiger partial charge in [0, 0.05) is 34.9 Å². The number of benzene rings is 2. The fraction of sp³-hybridized carbons (Fsp3) is 0.222. The Labute approximate surface area is 142 Å². The van der Waals surface area contributed by atoms with Gasteiger partial charge in [0.15, 0.2) is 0 Å². The molecule has 2 aromatic carbocycles. The van der Waals surface area contributed by atoms with E-state index in [2.05, 4.69) is 5.32 Å². The average molecular weight is 343 g/mol. The van der Waals surface area contributed by atoms with Crippen molar-refractivity contribution in [2.75, 3.05) is 11.6 Å². The summed E-state index contributed by atoms with van der Waals surface area (Å²) in [4.78, 5) is 23.7. The van der Waals surface area contributed by atoms with Gasteiger partial charge in [-0.2, -0.15) is 0 Å². The van der Waals surface area contributed by atoms with E-state index in [9.17, 15) is 13.8 Å². The summed E-state index contributed by atoms with van der Waals surface area (Å²) in [6.07, 6.45) is 2.68. The zero-order valence-electron chi connectivity index (χ0n) is 13.2. The molecule has 1 amide bonds. The zero-order valence-corrected chi connectivity index (χ0v) is 14.0. The van der Waals surface area contributed by atoms with Crippen molar-refractivity contribution in [1.82, 2.24) is 0 Å². The minimum Gasteiger partial charge on any atom is -0.423 e. The molecule has 0 saturated carbocycles. The number of anilines is 1. The SMILES string of the molecule is C[S@@](=O)Cc1cccc(C(=O)Oc2ccc3c(c2)CCC(=O)N3)c1. The number of rotatable bonds is 4. The van der Waals surface area contributed by atoms with E-state index < -0.39 is 16.8 Å². The predicted octanol–water partition coefficient (Wildman–Crippen LogP) is 2.67. The third-order valence-electron chi connectivity index (χ3n) is 3.72. The number of nitrogens with one attached hydrogen (secondary N) is 1. The third-order valence-corrected chi connectivity index (χ3v) is 4.46. The summed E-state index contributed by atoms with van der Waals surface area (Å²) in [6.45, 7) is 0. The minimum atomic E-state index is -0.967. The Morgan fingerprint density at radius 1 is 1.21 bits per heavy atom. The van der Waals surface area contributed by atoms with Crippen LogP contribution in [-0.4, -0.2) is 22.3 Å². The minimum absolute atomic E-state index is 0.00243. The lowest BCUT2D eigenvalue weighted by molar-refractivity contribution is -0.116. The van der Waals surface area contributed by atoms with E-state index in [0.29, 0.717) is 29.9 Å². The maximum atomic E-state index is 12.3. The van der Waals surface area contributed by atoms with Gasteiger partial charge in [0.05, 0.1) is 5.56 Å². The molecule has 3 rings (SSSR count). The molecule has 0 radical (unpaired) electrons. The van der Waals surface area contributed by atoms with Crippen LogP contribution in [0.5, 0.6) is 5.75 Å². The van der Waals surface area contributed by atoms with Gasteiger partial charge >= 0.3 is 5.97 Å². The molecule has 0 saturated heterocycles. The van der Waals surface area contributed by atoms with Crippen molar-refractivity contribution >= 4 is 28.4 Å². The number of carbonyl (C=O) groups is 2. The molecule has 1 atom stereocenters. The lowest BCUT2D eigenvalue weighted by Crippen LogP contribution is -2.19. The fourth-order valence-electron chi connectivity index (χ4n) is 2.61. The van der Waals surface area contributed by atoms with Crippen LogP contribution in [0.25, 0.3) is 0 Å². The number of carbonyl (C=O) groups excluding carboxylic acids is 2. The zero-order chi connectivity index (χ0) is 17.1. The first-order chi connectivity index (χ1) is 11.5. The molecular formula is C18H17NO4S. The first-order valence-electron chi connectivity index (χ1n) is 7.55. The molecular weight excluding hydrogens is 326 g/mol. The molecule has 1 N–H and O–H groups in total. The van der Waals surface area contributed by atoms with Gasteiger partial charge in [-0.3, -0.25) is 9.00 Å². The topological polar surface area (TPSA) is 72.5 Å². The second kappa shape index (κ2) is 6.97. The molecule has 0 unspecified atom stereocenters. The summed E-state index contributed by atoms with van der Waals surface area (Å²) in [5, 5.41) is 2.79. The van der Waals surface area contributed by atoms with Crippen LogP contribution >= 0.6 is 0 Å². The van der Waals surface area contributed by atoms with Gasteiger partial charge in [0.1, 0.15) is 5.75 Å². The molecule has 5 nitrogen and oxygen atoms in total. The van der Waals surface area contributed by atoms with Crippen molar-refractivity contribution < 1.29 is 18.5 Å². The van der Waals surface area contributed by atoms with Crippen LogP contribution in [0.1, 0.15) is 27.9 Å². The van der Waals surface area contributed by atoms with Crippen molar-refractivity contribution in [3.05, 3.63) is 59.2 Å². The Bertz CT molecular complexity index is 832. The second-order valence-corrected chi connectivity index (χ2v) is 7.11. The van der Waals surface area contributed by atoms with E-state index in [-0.39, 0.29) is 5.91 Å². The number of fused-ring (bicyclic) bond motifs is 1. The molecule has 0 aliphatic carbocycles. The Morgan fingerprint density at radius 2 is 2.04 bits per heavy atom. The number of esters is 1. The molecule has 1 aliphatic heterocycles. The standard InChI is InChI=1S/C18H17NO4S/c1-24(22)11-12-3-2-4-14(9-12)18(21)23-15-6-7-16-13(10-15)5-8-17(20)19-16/h2-4,6-7,9-10H,5,8,11H2,1H3,(H,19,20)/t24-/m1/s1. The average Bonchev–Trinajstić information content (AvgIpc) is 2.54. The Kier molecular flexibility index (Phi) is 4.76. The van der Waals surface area contributed by atoms with Crippen LogP contribution in [0.2, 0.25) is 0 Å². The highest BCUT2D eigenvalue weighted by Gasteiger charge is 2.16. The Morgan fingerprint density at radius 3 is 2.83 bits per heavy atom. The highest BCUT2D eigenvalue weighted by molar-refractivity contribution is 7.83. The summed E-state index contributed by atoms with van der Waals surface area (Å²) in [6, 6.07) is 12.1. The molecule has 0 bridgehead atoms. The molecule has 0 aromatic heterocycles. The van der Waals surface area contributed by atoms with Crippen molar-refractivity contribution in [2.24, 2.45) is 0 Å². The number of ether oxygens (including phenoxy) is 1. The highest BCUT2D eigenvalue weighted by Crippen LogP contribution is 2.27. The Balaban J connectivity index is 1.75. The quantitative estimate of drug-likeness (QED) is 0.684. The monoisotopic (exact) mass is 343 g/mol. The van der Waals surface area contributed by atoms with Crippen LogP contribution in [0.15, 0.2) is 42.5 Å². The molecule has 124 valence electrons. The van der Waals surface area contributed by atoms with Gasteiger partial charge in [0.25, 0.3) is 0 Å². The van der Waals surface area contributed by atoms with Crippen LogP contribution in [-0.2, 0) is 27.8 Å². The van der Waals surface area contributed by atoms with E-state index in [1.54, 1.807) is 42.7 Å². The van der Waals surface area contributed by atoms with Crippen molar-refractivity contribution in [3.8, 4) is 5.75 Å². The number of amides is 1. The maximum absolute atomic E-state index is 12.3. The molecule has 0 fully saturated rings. The van der Waals surface area contributed by atoms with E-state index in [0.717, 1.165) is 16.8 Å². The van der Waals surface area contributed by atoms with Crippen LogP contribution in [0.3, 0.4) is 0 Å². The largest absolute Gasteiger partial charge is 0.423 e. The van der Waals surface area contributed by atoms with E-state index in [1.165, 1.54) is 0 Å². The Hall–Kier alpha value is -2.47. The molecule has 2 aromatic rings. The molecule has 6 heteroatoms. The van der Waals surface area contributed by atoms with Gasteiger partial charge in [-0.05, 0) is 47.9 Å². The fourth-order valence-corrected chi connectivity index (χ4v) is 3.26. The van der Waals surface area contributed by atoms with E-state index in [1.807, 2.05) is 6.07 Å². The summed E-state index contributed by atoms with van der Waals surface area (Å²) in [5.41, 5.74) is 2.97. The van der Waals surface area contributed by atoms with Gasteiger partial charge in [-0.25, -0.2) is 4.79 Å². The highest BCUT2D eigenvalue weighted by atomic mass is 32.2. The van der Waals surface area contributed by atoms with Gasteiger partial charge in [-0.1, -0.05) is 12.1 Å². The van der Waals surface area contributed by atoms with E-state index >= 15 is 0 Å². The second-order valence-electron chi connectivity index (χ2n) is 5.67. The smallest absolute Gasteiger partial charge is 0.343 e. The molecule has 0 spiro atoms. The van der Waals surface area contributed by atoms with Crippen molar-refractivity contribution in [2.45, 2.75) is 18.6 Å². The van der Waals surface area contributed by atoms with Crippen molar-refractivity contribution in [3.63, 3.8) is 0 Å².